The highest BCUT2D eigenvalue weighted by atomic mass is 35.7. The van der Waals surface area contributed by atoms with Crippen molar-refractivity contribution in [1.29, 1.82) is 0 Å². The molecule has 0 atom stereocenters. The van der Waals surface area contributed by atoms with Crippen molar-refractivity contribution in [2.24, 2.45) is 0 Å². The van der Waals surface area contributed by atoms with E-state index >= 15 is 0 Å². The van der Waals surface area contributed by atoms with Crippen molar-refractivity contribution < 1.29 is 10.2 Å². The molecule has 0 unspecified atom stereocenters. The van der Waals surface area contributed by atoms with Gasteiger partial charge >= 0.3 is 30.3 Å². The van der Waals surface area contributed by atoms with Gasteiger partial charge in [0, 0.05) is 0 Å². The zero-order valence-electron chi connectivity index (χ0n) is 6.90. The summed E-state index contributed by atoms with van der Waals surface area (Å²) in [5, 5.41) is 18.6. The number of hydrogen-bond donors (Lipinski definition) is 0. The van der Waals surface area contributed by atoms with Crippen LogP contribution in [0.2, 0.25) is 0 Å². The molecule has 0 aliphatic carbocycles. The summed E-state index contributed by atoms with van der Waals surface area (Å²) < 4.78 is 0. The third-order valence-electron chi connectivity index (χ3n) is 0.408. The predicted octanol–water partition coefficient (Wildman–Crippen LogP) is 0.512. The van der Waals surface area contributed by atoms with Gasteiger partial charge in [0.2, 0.25) is 0 Å². The van der Waals surface area contributed by atoms with Crippen molar-refractivity contribution in [3.63, 3.8) is 0 Å². The fraction of sp³-hybridized carbons (Fsp3) is 1.00. The van der Waals surface area contributed by atoms with Crippen molar-refractivity contribution in [3.8, 4) is 0 Å². The molecule has 0 rings (SSSR count). The molecule has 0 heterocycles. The van der Waals surface area contributed by atoms with Gasteiger partial charge in [-0.2, -0.15) is 0 Å². The van der Waals surface area contributed by atoms with E-state index in [1.54, 1.807) is 0 Å². The van der Waals surface area contributed by atoms with Crippen LogP contribution in [0.5, 0.6) is 0 Å². The number of halogens is 2. The van der Waals surface area contributed by atoms with Gasteiger partial charge in [-0.15, -0.1) is 13.2 Å². The summed E-state index contributed by atoms with van der Waals surface area (Å²) in [4.78, 5) is 0. The molecule has 11 heavy (non-hydrogen) atoms. The van der Waals surface area contributed by atoms with E-state index < -0.39 is 0 Å². The standard InChI is InChI=1S/2C3H7O.Cl2Si/c2*1-2-3-4;1-3-2/h2*2-3H2,1H3;/q2*-1;+2. The van der Waals surface area contributed by atoms with Gasteiger partial charge in [-0.25, -0.2) is 0 Å². The van der Waals surface area contributed by atoms with Gasteiger partial charge in [0.25, 0.3) is 0 Å². The predicted molar refractivity (Wildman–Crippen MR) is 47.8 cm³/mol. The SMILES string of the molecule is CCC[O-].CCC[O-].Cl[Si+2]Cl. The molecule has 68 valence electrons. The van der Waals surface area contributed by atoms with Crippen LogP contribution in [-0.4, -0.2) is 21.4 Å². The Morgan fingerprint density at radius 1 is 1.00 bits per heavy atom. The minimum Gasteiger partial charge on any atom is -0.854 e. The first-order chi connectivity index (χ1) is 5.24. The lowest BCUT2D eigenvalue weighted by molar-refractivity contribution is -0.367. The van der Waals surface area contributed by atoms with Gasteiger partial charge in [-0.3, -0.25) is 0 Å². The molecule has 0 N–H and O–H groups in total. The van der Waals surface area contributed by atoms with E-state index in [1.165, 1.54) is 0 Å². The highest BCUT2D eigenvalue weighted by Gasteiger charge is 2.29. The lowest BCUT2D eigenvalue weighted by Crippen LogP contribution is -2.01. The monoisotopic (exact) mass is 216 g/mol. The van der Waals surface area contributed by atoms with Crippen molar-refractivity contribution in [3.05, 3.63) is 0 Å². The molecule has 0 aliphatic heterocycles. The van der Waals surface area contributed by atoms with Gasteiger partial charge in [-0.05, 0) is 0 Å². The molecule has 5 heteroatoms. The van der Waals surface area contributed by atoms with Crippen LogP contribution in [0, 0.1) is 0 Å². The second-order valence-corrected chi connectivity index (χ2v) is 3.34. The highest BCUT2D eigenvalue weighted by molar-refractivity contribution is 7.22. The van der Waals surface area contributed by atoms with Crippen molar-refractivity contribution >= 4 is 30.3 Å². The summed E-state index contributed by atoms with van der Waals surface area (Å²) in [7, 11) is 0.0278. The Morgan fingerprint density at radius 2 is 1.09 bits per heavy atom. The molecule has 0 amide bonds. The van der Waals surface area contributed by atoms with Gasteiger partial charge in [0.05, 0.1) is 0 Å². The fourth-order valence-corrected chi connectivity index (χ4v) is 0. The Hall–Kier alpha value is 0.717. The Bertz CT molecular complexity index is 33.8. The molecule has 0 saturated heterocycles. The van der Waals surface area contributed by atoms with E-state index in [9.17, 15) is 10.2 Å². The third-order valence-corrected chi connectivity index (χ3v) is 0.408. The van der Waals surface area contributed by atoms with Gasteiger partial charge < -0.3 is 10.2 Å². The molecular formula is C6H14Cl2O2Si. The first-order valence-electron chi connectivity index (χ1n) is 3.37. The maximum Gasteiger partial charge on any atom is 1.24 e. The molecular weight excluding hydrogens is 203 g/mol. The summed E-state index contributed by atoms with van der Waals surface area (Å²) >= 11 is 9.58. The van der Waals surface area contributed by atoms with E-state index in [-0.39, 0.29) is 21.4 Å². The molecule has 2 nitrogen and oxygen atoms in total. The Balaban J connectivity index is -0.0000000886. The van der Waals surface area contributed by atoms with Crippen LogP contribution >= 0.6 is 22.2 Å². The normalized spacial score (nSPS) is 6.36. The minimum absolute atomic E-state index is 0.0278. The summed E-state index contributed by atoms with van der Waals surface area (Å²) in [6, 6.07) is 0. The van der Waals surface area contributed by atoms with Gasteiger partial charge in [-0.1, -0.05) is 26.7 Å². The van der Waals surface area contributed by atoms with Crippen LogP contribution in [0.3, 0.4) is 0 Å². The van der Waals surface area contributed by atoms with Crippen LogP contribution in [0.1, 0.15) is 26.7 Å². The van der Waals surface area contributed by atoms with E-state index in [2.05, 4.69) is 0 Å². The average molecular weight is 217 g/mol. The van der Waals surface area contributed by atoms with Gasteiger partial charge in [0.1, 0.15) is 0 Å². The van der Waals surface area contributed by atoms with Crippen molar-refractivity contribution in [2.45, 2.75) is 26.7 Å². The zero-order valence-corrected chi connectivity index (χ0v) is 9.41. The lowest BCUT2D eigenvalue weighted by atomic mass is 10.5. The number of hydrogen-bond acceptors (Lipinski definition) is 2. The van der Waals surface area contributed by atoms with Crippen LogP contribution < -0.4 is 10.2 Å². The highest BCUT2D eigenvalue weighted by Crippen LogP contribution is 1.67. The molecule has 0 radical (unpaired) electrons. The molecule has 0 spiro atoms. The lowest BCUT2D eigenvalue weighted by Gasteiger charge is -1.89. The van der Waals surface area contributed by atoms with E-state index in [1.807, 2.05) is 13.8 Å². The molecule has 0 saturated carbocycles. The largest absolute Gasteiger partial charge is 1.24 e. The maximum atomic E-state index is 9.30. The minimum atomic E-state index is 0.0278. The van der Waals surface area contributed by atoms with Crippen LogP contribution in [0.25, 0.3) is 0 Å². The molecule has 0 fully saturated rings. The fourth-order valence-electron chi connectivity index (χ4n) is 0. The van der Waals surface area contributed by atoms with Crippen LogP contribution in [0.4, 0.5) is 0 Å². The molecule has 0 aromatic heterocycles. The topological polar surface area (TPSA) is 46.1 Å². The van der Waals surface area contributed by atoms with Crippen molar-refractivity contribution in [1.82, 2.24) is 0 Å². The first-order valence-corrected chi connectivity index (χ1v) is 6.39. The quantitative estimate of drug-likeness (QED) is 0.499. The molecule has 0 aromatic carbocycles. The molecule has 0 bridgehead atoms. The van der Waals surface area contributed by atoms with E-state index in [0.29, 0.717) is 0 Å². The third kappa shape index (κ3) is 110. The summed E-state index contributed by atoms with van der Waals surface area (Å²) in [6.45, 7) is 3.88. The summed E-state index contributed by atoms with van der Waals surface area (Å²) in [5.41, 5.74) is 0. The smallest absolute Gasteiger partial charge is 0.854 e. The van der Waals surface area contributed by atoms with E-state index in [4.69, 9.17) is 22.2 Å². The summed E-state index contributed by atoms with van der Waals surface area (Å²) in [5.74, 6) is 0. The Morgan fingerprint density at radius 3 is 1.09 bits per heavy atom. The zero-order chi connectivity index (χ0) is 9.54. The summed E-state index contributed by atoms with van der Waals surface area (Å²) in [6.07, 6.45) is 1.53. The molecule has 0 aromatic rings. The Labute approximate surface area is 80.8 Å². The Kier molecular flexibility index (Phi) is 49.8. The van der Waals surface area contributed by atoms with Crippen LogP contribution in [0.15, 0.2) is 0 Å². The number of rotatable bonds is 2. The second-order valence-electron chi connectivity index (χ2n) is 1.48. The van der Waals surface area contributed by atoms with Crippen LogP contribution in [-0.2, 0) is 0 Å². The van der Waals surface area contributed by atoms with E-state index in [0.717, 1.165) is 12.8 Å². The maximum absolute atomic E-state index is 9.30. The average Bonchev–Trinajstić information content (AvgIpc) is 2.06. The molecule has 0 aliphatic rings. The van der Waals surface area contributed by atoms with Gasteiger partial charge in [0.15, 0.2) is 0 Å². The first kappa shape index (κ1) is 17.7. The second kappa shape index (κ2) is 31.0. The van der Waals surface area contributed by atoms with Crippen molar-refractivity contribution in [2.75, 3.05) is 13.2 Å².